The molecule has 33 heavy (non-hydrogen) atoms. The Bertz CT molecular complexity index is 1040. The highest BCUT2D eigenvalue weighted by molar-refractivity contribution is 5.98. The Labute approximate surface area is 197 Å². The van der Waals surface area contributed by atoms with Crippen LogP contribution in [0.4, 0.5) is 11.4 Å². The van der Waals surface area contributed by atoms with Gasteiger partial charge in [0.25, 0.3) is 0 Å². The normalized spacial score (nSPS) is 16.1. The Morgan fingerprint density at radius 1 is 0.939 bits per heavy atom. The minimum atomic E-state index is -0.864. The van der Waals surface area contributed by atoms with Gasteiger partial charge < -0.3 is 20.5 Å². The van der Waals surface area contributed by atoms with Crippen LogP contribution in [0.3, 0.4) is 0 Å². The zero-order chi connectivity index (χ0) is 24.8. The summed E-state index contributed by atoms with van der Waals surface area (Å²) in [6, 6.07) is 11.0. The van der Waals surface area contributed by atoms with Gasteiger partial charge in [-0.1, -0.05) is 50.3 Å². The number of carboxylic acids is 1. The second kappa shape index (κ2) is 10.6. The van der Waals surface area contributed by atoms with Gasteiger partial charge >= 0.3 is 11.9 Å². The Morgan fingerprint density at radius 3 is 2.21 bits per heavy atom. The predicted molar refractivity (Wildman–Crippen MR) is 135 cm³/mol. The topological polar surface area (TPSA) is 87.7 Å². The molecule has 0 bridgehead atoms. The van der Waals surface area contributed by atoms with Crippen molar-refractivity contribution in [2.75, 3.05) is 17.7 Å². The molecule has 3 N–H and O–H groups in total. The van der Waals surface area contributed by atoms with Crippen LogP contribution in [-0.4, -0.2) is 35.2 Å². The van der Waals surface area contributed by atoms with E-state index in [1.165, 1.54) is 7.11 Å². The number of carbonyl (C=O) groups is 2. The Balaban J connectivity index is 0.000000218. The third-order valence-electron chi connectivity index (χ3n) is 5.49. The van der Waals surface area contributed by atoms with Crippen molar-refractivity contribution >= 4 is 29.4 Å². The molecule has 2 aliphatic heterocycles. The van der Waals surface area contributed by atoms with Crippen molar-refractivity contribution in [2.24, 2.45) is 0 Å². The van der Waals surface area contributed by atoms with Crippen LogP contribution in [0.25, 0.3) is 6.08 Å². The highest BCUT2D eigenvalue weighted by atomic mass is 16.5. The fraction of sp³-hybridized carbons (Fsp3) is 0.407. The minimum absolute atomic E-state index is 0.0153. The van der Waals surface area contributed by atoms with E-state index in [1.54, 1.807) is 12.1 Å². The summed E-state index contributed by atoms with van der Waals surface area (Å²) in [6.45, 7) is 12.3. The highest BCUT2D eigenvalue weighted by Gasteiger charge is 2.27. The highest BCUT2D eigenvalue weighted by Crippen LogP contribution is 2.33. The van der Waals surface area contributed by atoms with Crippen molar-refractivity contribution in [1.29, 1.82) is 0 Å². The standard InChI is InChI=1S/C13H15NO2.C12H15NO2.C2H6/c1-13(2)8-7-9-5-4-6-10(11(9)14-13)12(15)16-3;1-12(2)7-6-8-4-3-5-9(11(14)15)10(8)13-12;1-2/h4-8,14H,1-3H3;3-5,13H,6-7H2,1-2H3,(H,14,15);1-2H3. The van der Waals surface area contributed by atoms with E-state index in [0.717, 1.165) is 35.3 Å². The minimum Gasteiger partial charge on any atom is -0.478 e. The van der Waals surface area contributed by atoms with Crippen molar-refractivity contribution < 1.29 is 19.4 Å². The number of fused-ring (bicyclic) bond motifs is 2. The maximum Gasteiger partial charge on any atom is 0.339 e. The smallest absolute Gasteiger partial charge is 0.339 e. The van der Waals surface area contributed by atoms with Gasteiger partial charge in [-0.25, -0.2) is 9.59 Å². The lowest BCUT2D eigenvalue weighted by Gasteiger charge is -2.34. The van der Waals surface area contributed by atoms with E-state index < -0.39 is 5.97 Å². The van der Waals surface area contributed by atoms with Gasteiger partial charge in [-0.15, -0.1) is 0 Å². The second-order valence-electron chi connectivity index (χ2n) is 9.10. The van der Waals surface area contributed by atoms with Crippen molar-refractivity contribution in [3.63, 3.8) is 0 Å². The molecule has 4 rings (SSSR count). The van der Waals surface area contributed by atoms with E-state index in [2.05, 4.69) is 44.4 Å². The Hall–Kier alpha value is -3.28. The summed E-state index contributed by atoms with van der Waals surface area (Å²) in [7, 11) is 1.39. The fourth-order valence-electron chi connectivity index (χ4n) is 3.77. The molecule has 178 valence electrons. The first-order valence-corrected chi connectivity index (χ1v) is 11.4. The number of para-hydroxylation sites is 2. The molecule has 0 aromatic heterocycles. The van der Waals surface area contributed by atoms with Crippen molar-refractivity contribution in [3.05, 3.63) is 64.7 Å². The monoisotopic (exact) mass is 452 g/mol. The lowest BCUT2D eigenvalue weighted by molar-refractivity contribution is 0.0600. The maximum atomic E-state index is 11.6. The molecule has 2 aromatic rings. The van der Waals surface area contributed by atoms with E-state index in [-0.39, 0.29) is 17.0 Å². The number of esters is 1. The molecule has 0 fully saturated rings. The summed E-state index contributed by atoms with van der Waals surface area (Å²) >= 11 is 0. The van der Waals surface area contributed by atoms with E-state index >= 15 is 0 Å². The molecule has 0 spiro atoms. The van der Waals surface area contributed by atoms with Crippen molar-refractivity contribution in [1.82, 2.24) is 0 Å². The van der Waals surface area contributed by atoms with Crippen LogP contribution in [0.5, 0.6) is 0 Å². The SMILES string of the molecule is CC.CC1(C)CCc2cccc(C(=O)O)c2N1.COC(=O)c1cccc2c1NC(C)(C)C=C2. The largest absolute Gasteiger partial charge is 0.478 e. The molecule has 0 unspecified atom stereocenters. The molecule has 2 heterocycles. The maximum absolute atomic E-state index is 11.6. The third-order valence-corrected chi connectivity index (χ3v) is 5.49. The zero-order valence-corrected chi connectivity index (χ0v) is 20.7. The third kappa shape index (κ3) is 6.37. The van der Waals surface area contributed by atoms with Crippen molar-refractivity contribution in [3.8, 4) is 0 Å². The van der Waals surface area contributed by atoms with Crippen LogP contribution in [0.15, 0.2) is 42.5 Å². The summed E-state index contributed by atoms with van der Waals surface area (Å²) < 4.78 is 4.77. The number of methoxy groups -OCH3 is 1. The summed E-state index contributed by atoms with van der Waals surface area (Å²) in [5, 5.41) is 15.7. The number of aryl methyl sites for hydroxylation is 1. The van der Waals surface area contributed by atoms with Crippen LogP contribution < -0.4 is 10.6 Å². The number of aromatic carboxylic acids is 1. The number of rotatable bonds is 2. The van der Waals surface area contributed by atoms with E-state index in [0.29, 0.717) is 11.1 Å². The number of carboxylic acid groups (broad SMARTS) is 1. The first-order chi connectivity index (χ1) is 15.5. The number of carbonyl (C=O) groups excluding carboxylic acids is 1. The van der Waals surface area contributed by atoms with Gasteiger partial charge in [0.05, 0.1) is 35.2 Å². The molecular formula is C27H36N2O4. The van der Waals surface area contributed by atoms with Gasteiger partial charge in [0, 0.05) is 5.54 Å². The zero-order valence-electron chi connectivity index (χ0n) is 20.7. The van der Waals surface area contributed by atoms with E-state index in [9.17, 15) is 9.59 Å². The summed E-state index contributed by atoms with van der Waals surface area (Å²) in [5.41, 5.74) is 4.56. The van der Waals surface area contributed by atoms with E-state index in [1.807, 2.05) is 44.2 Å². The number of hydrogen-bond donors (Lipinski definition) is 3. The molecule has 0 saturated carbocycles. The molecule has 0 atom stereocenters. The van der Waals surface area contributed by atoms with Gasteiger partial charge in [0.1, 0.15) is 0 Å². The van der Waals surface area contributed by atoms with Crippen LogP contribution in [0, 0.1) is 0 Å². The molecule has 2 aliphatic rings. The average molecular weight is 453 g/mol. The molecule has 0 saturated heterocycles. The van der Waals surface area contributed by atoms with Gasteiger partial charge in [0.2, 0.25) is 0 Å². The molecule has 6 nitrogen and oxygen atoms in total. The van der Waals surface area contributed by atoms with Crippen LogP contribution in [0.2, 0.25) is 0 Å². The predicted octanol–water partition coefficient (Wildman–Crippen LogP) is 6.24. The summed E-state index contributed by atoms with van der Waals surface area (Å²) in [4.78, 5) is 22.7. The molecule has 0 amide bonds. The van der Waals surface area contributed by atoms with Gasteiger partial charge in [-0.3, -0.25) is 0 Å². The van der Waals surface area contributed by atoms with E-state index in [4.69, 9.17) is 9.84 Å². The molecule has 0 aliphatic carbocycles. The Kier molecular flexibility index (Phi) is 8.31. The van der Waals surface area contributed by atoms with Crippen molar-refractivity contribution in [2.45, 2.75) is 65.5 Å². The Morgan fingerprint density at radius 2 is 1.58 bits per heavy atom. The van der Waals surface area contributed by atoms with Gasteiger partial charge in [-0.05, 0) is 63.8 Å². The van der Waals surface area contributed by atoms with Gasteiger partial charge in [0.15, 0.2) is 0 Å². The molecular weight excluding hydrogens is 416 g/mol. The molecule has 0 radical (unpaired) electrons. The first-order valence-electron chi connectivity index (χ1n) is 11.4. The number of ether oxygens (including phenoxy) is 1. The lowest BCUT2D eigenvalue weighted by Crippen LogP contribution is -2.36. The van der Waals surface area contributed by atoms with Crippen LogP contribution in [0.1, 0.15) is 79.8 Å². The fourth-order valence-corrected chi connectivity index (χ4v) is 3.77. The summed E-state index contributed by atoms with van der Waals surface area (Å²) in [6.07, 6.45) is 6.08. The van der Waals surface area contributed by atoms with Gasteiger partial charge in [-0.2, -0.15) is 0 Å². The second-order valence-corrected chi connectivity index (χ2v) is 9.10. The first kappa shape index (κ1) is 26.0. The molecule has 6 heteroatoms. The number of nitrogens with one attached hydrogen (secondary N) is 2. The molecule has 2 aromatic carbocycles. The lowest BCUT2D eigenvalue weighted by atomic mass is 9.88. The quantitative estimate of drug-likeness (QED) is 0.468. The number of anilines is 2. The number of hydrogen-bond acceptors (Lipinski definition) is 5. The summed E-state index contributed by atoms with van der Waals surface area (Å²) in [5.74, 6) is -1.17. The van der Waals surface area contributed by atoms with Crippen LogP contribution >= 0.6 is 0 Å². The average Bonchev–Trinajstić information content (AvgIpc) is 2.78. The number of benzene rings is 2. The van der Waals surface area contributed by atoms with Crippen LogP contribution in [-0.2, 0) is 11.2 Å².